The summed E-state index contributed by atoms with van der Waals surface area (Å²) in [7, 11) is 4.06. The lowest BCUT2D eigenvalue weighted by Gasteiger charge is -2.31. The van der Waals surface area contributed by atoms with Crippen molar-refractivity contribution in [2.45, 2.75) is 12.8 Å². The van der Waals surface area contributed by atoms with E-state index in [2.05, 4.69) is 33.0 Å². The van der Waals surface area contributed by atoms with Gasteiger partial charge in [-0.1, -0.05) is 0 Å². The van der Waals surface area contributed by atoms with Gasteiger partial charge in [-0.2, -0.15) is 0 Å². The molecular weight excluding hydrogens is 278 g/mol. The van der Waals surface area contributed by atoms with E-state index in [0.29, 0.717) is 12.8 Å². The summed E-state index contributed by atoms with van der Waals surface area (Å²) in [5.41, 5.74) is 1.16. The highest BCUT2D eigenvalue weighted by molar-refractivity contribution is 5.94. The van der Waals surface area contributed by atoms with E-state index in [0.717, 1.165) is 35.4 Å². The average Bonchev–Trinajstić information content (AvgIpc) is 2.53. The summed E-state index contributed by atoms with van der Waals surface area (Å²) in [5, 5.41) is 11.4. The molecular formula is C17H21N3O2. The Morgan fingerprint density at radius 1 is 1.27 bits per heavy atom. The summed E-state index contributed by atoms with van der Waals surface area (Å²) >= 11 is 0. The van der Waals surface area contributed by atoms with Crippen LogP contribution < -0.4 is 9.80 Å². The first kappa shape index (κ1) is 14.6. The summed E-state index contributed by atoms with van der Waals surface area (Å²) < 4.78 is 0. The largest absolute Gasteiger partial charge is 0.481 e. The molecule has 1 aromatic heterocycles. The van der Waals surface area contributed by atoms with Crippen molar-refractivity contribution in [1.82, 2.24) is 4.98 Å². The molecule has 1 fully saturated rings. The fourth-order valence-electron chi connectivity index (χ4n) is 3.02. The smallest absolute Gasteiger partial charge is 0.306 e. The van der Waals surface area contributed by atoms with Crippen LogP contribution in [-0.4, -0.2) is 43.2 Å². The van der Waals surface area contributed by atoms with Gasteiger partial charge in [-0.05, 0) is 42.5 Å². The van der Waals surface area contributed by atoms with Crippen molar-refractivity contribution in [2.24, 2.45) is 5.92 Å². The Labute approximate surface area is 130 Å². The van der Waals surface area contributed by atoms with Gasteiger partial charge < -0.3 is 14.9 Å². The molecule has 0 unspecified atom stereocenters. The molecule has 1 saturated heterocycles. The Bertz CT molecular complexity index is 691. The second-order valence-corrected chi connectivity index (χ2v) is 6.03. The summed E-state index contributed by atoms with van der Waals surface area (Å²) in [6.07, 6.45) is 3.20. The van der Waals surface area contributed by atoms with Crippen molar-refractivity contribution >= 4 is 28.2 Å². The van der Waals surface area contributed by atoms with Crippen LogP contribution in [0, 0.1) is 5.92 Å². The van der Waals surface area contributed by atoms with Gasteiger partial charge in [0.1, 0.15) is 5.82 Å². The molecule has 1 aromatic carbocycles. The number of aromatic nitrogens is 1. The summed E-state index contributed by atoms with van der Waals surface area (Å²) in [6.45, 7) is 1.50. The third-order valence-electron chi connectivity index (χ3n) is 4.39. The van der Waals surface area contributed by atoms with Gasteiger partial charge in [0.2, 0.25) is 0 Å². The second-order valence-electron chi connectivity index (χ2n) is 6.03. The Balaban J connectivity index is 1.90. The van der Waals surface area contributed by atoms with Crippen molar-refractivity contribution in [3.05, 3.63) is 30.5 Å². The van der Waals surface area contributed by atoms with Gasteiger partial charge >= 0.3 is 5.97 Å². The number of fused-ring (bicyclic) bond motifs is 1. The lowest BCUT2D eigenvalue weighted by molar-refractivity contribution is -0.142. The van der Waals surface area contributed by atoms with Gasteiger partial charge in [0.25, 0.3) is 0 Å². The SMILES string of the molecule is CN(C)c1ccc2c(N3CCC(C(=O)O)CC3)nccc2c1. The highest BCUT2D eigenvalue weighted by atomic mass is 16.4. The van der Waals surface area contributed by atoms with Crippen LogP contribution in [0.1, 0.15) is 12.8 Å². The maximum absolute atomic E-state index is 11.1. The van der Waals surface area contributed by atoms with E-state index in [1.165, 1.54) is 0 Å². The number of carboxylic acids is 1. The number of carbonyl (C=O) groups is 1. The van der Waals surface area contributed by atoms with Crippen molar-refractivity contribution in [2.75, 3.05) is 37.0 Å². The van der Waals surface area contributed by atoms with E-state index in [-0.39, 0.29) is 5.92 Å². The fraction of sp³-hybridized carbons (Fsp3) is 0.412. The zero-order valence-electron chi connectivity index (χ0n) is 13.0. The number of aliphatic carboxylic acids is 1. The predicted octanol–water partition coefficient (Wildman–Crippen LogP) is 2.60. The molecule has 0 spiro atoms. The van der Waals surface area contributed by atoms with Gasteiger partial charge in [-0.25, -0.2) is 4.98 Å². The molecule has 0 bridgehead atoms. The van der Waals surface area contributed by atoms with Crippen LogP contribution in [0.5, 0.6) is 0 Å². The molecule has 0 amide bonds. The molecule has 0 radical (unpaired) electrons. The molecule has 2 aromatic rings. The molecule has 0 atom stereocenters. The Hall–Kier alpha value is -2.30. The van der Waals surface area contributed by atoms with E-state index < -0.39 is 5.97 Å². The normalized spacial score (nSPS) is 16.0. The number of pyridine rings is 1. The maximum Gasteiger partial charge on any atom is 0.306 e. The van der Waals surface area contributed by atoms with E-state index in [4.69, 9.17) is 5.11 Å². The maximum atomic E-state index is 11.1. The number of rotatable bonds is 3. The first-order valence-corrected chi connectivity index (χ1v) is 7.60. The van der Waals surface area contributed by atoms with Crippen LogP contribution in [0.2, 0.25) is 0 Å². The Morgan fingerprint density at radius 2 is 2.00 bits per heavy atom. The highest BCUT2D eigenvalue weighted by Crippen LogP contribution is 2.30. The summed E-state index contributed by atoms with van der Waals surface area (Å²) in [4.78, 5) is 19.9. The number of piperidine rings is 1. The monoisotopic (exact) mass is 299 g/mol. The first-order valence-electron chi connectivity index (χ1n) is 7.60. The Morgan fingerprint density at radius 3 is 2.64 bits per heavy atom. The van der Waals surface area contributed by atoms with Gasteiger partial charge in [-0.15, -0.1) is 0 Å². The van der Waals surface area contributed by atoms with E-state index in [9.17, 15) is 4.79 Å². The van der Waals surface area contributed by atoms with Gasteiger partial charge in [0, 0.05) is 44.5 Å². The number of nitrogens with zero attached hydrogens (tertiary/aromatic N) is 3. The zero-order valence-corrected chi connectivity index (χ0v) is 13.0. The van der Waals surface area contributed by atoms with Crippen LogP contribution in [0.25, 0.3) is 10.8 Å². The third-order valence-corrected chi connectivity index (χ3v) is 4.39. The lowest BCUT2D eigenvalue weighted by Crippen LogP contribution is -2.36. The summed E-state index contributed by atoms with van der Waals surface area (Å²) in [6, 6.07) is 8.38. The Kier molecular flexibility index (Phi) is 3.88. The van der Waals surface area contributed by atoms with Crippen molar-refractivity contribution in [3.8, 4) is 0 Å². The molecule has 5 nitrogen and oxygen atoms in total. The predicted molar refractivity (Wildman–Crippen MR) is 88.6 cm³/mol. The van der Waals surface area contributed by atoms with Crippen LogP contribution in [0.15, 0.2) is 30.5 Å². The minimum Gasteiger partial charge on any atom is -0.481 e. The van der Waals surface area contributed by atoms with Crippen LogP contribution >= 0.6 is 0 Å². The van der Waals surface area contributed by atoms with E-state index in [1.807, 2.05) is 26.4 Å². The minimum atomic E-state index is -0.679. The topological polar surface area (TPSA) is 56.7 Å². The first-order chi connectivity index (χ1) is 10.6. The number of anilines is 2. The van der Waals surface area contributed by atoms with Crippen molar-refractivity contribution in [3.63, 3.8) is 0 Å². The molecule has 1 aliphatic rings. The molecule has 2 heterocycles. The quantitative estimate of drug-likeness (QED) is 0.944. The van der Waals surface area contributed by atoms with Crippen molar-refractivity contribution < 1.29 is 9.90 Å². The third kappa shape index (κ3) is 2.71. The highest BCUT2D eigenvalue weighted by Gasteiger charge is 2.25. The molecule has 5 heteroatoms. The molecule has 1 N–H and O–H groups in total. The number of benzene rings is 1. The van der Waals surface area contributed by atoms with Gasteiger partial charge in [-0.3, -0.25) is 4.79 Å². The number of carboxylic acid groups (broad SMARTS) is 1. The molecule has 1 aliphatic heterocycles. The molecule has 22 heavy (non-hydrogen) atoms. The number of hydrogen-bond acceptors (Lipinski definition) is 4. The number of hydrogen-bond donors (Lipinski definition) is 1. The average molecular weight is 299 g/mol. The molecule has 116 valence electrons. The van der Waals surface area contributed by atoms with Gasteiger partial charge in [0.05, 0.1) is 5.92 Å². The van der Waals surface area contributed by atoms with Gasteiger partial charge in [0.15, 0.2) is 0 Å². The van der Waals surface area contributed by atoms with Crippen molar-refractivity contribution in [1.29, 1.82) is 0 Å². The molecule has 0 saturated carbocycles. The standard InChI is InChI=1S/C17H21N3O2/c1-19(2)14-3-4-15-13(11-14)5-8-18-16(15)20-9-6-12(7-10-20)17(21)22/h3-5,8,11-12H,6-7,9-10H2,1-2H3,(H,21,22). The van der Waals surface area contributed by atoms with E-state index in [1.54, 1.807) is 0 Å². The second kappa shape index (κ2) is 5.83. The minimum absolute atomic E-state index is 0.216. The molecule has 0 aliphatic carbocycles. The van der Waals surface area contributed by atoms with Crippen LogP contribution in [-0.2, 0) is 4.79 Å². The van der Waals surface area contributed by atoms with Crippen LogP contribution in [0.4, 0.5) is 11.5 Å². The zero-order chi connectivity index (χ0) is 15.7. The van der Waals surface area contributed by atoms with Crippen LogP contribution in [0.3, 0.4) is 0 Å². The van der Waals surface area contributed by atoms with E-state index >= 15 is 0 Å². The summed E-state index contributed by atoms with van der Waals surface area (Å²) in [5.74, 6) is 0.0689. The molecule has 3 rings (SSSR count). The fourth-order valence-corrected chi connectivity index (χ4v) is 3.02. The lowest BCUT2D eigenvalue weighted by atomic mass is 9.97.